The molecule has 0 bridgehead atoms. The van der Waals surface area contributed by atoms with E-state index in [1.54, 1.807) is 19.2 Å². The Labute approximate surface area is 107 Å². The van der Waals surface area contributed by atoms with Crippen molar-refractivity contribution in [2.24, 2.45) is 0 Å². The molecule has 96 valence electrons. The van der Waals surface area contributed by atoms with Crippen molar-refractivity contribution >= 4 is 5.69 Å². The molecular formula is C14H18N2O2. The van der Waals surface area contributed by atoms with Crippen LogP contribution in [0.4, 0.5) is 5.69 Å². The minimum Gasteiger partial charge on any atom is -0.497 e. The van der Waals surface area contributed by atoms with E-state index in [0.29, 0.717) is 5.56 Å². The SMILES string of the molecule is COc1ccc(C#N)c(N2CCCCC2CO)c1. The molecule has 1 N–H and O–H groups in total. The minimum atomic E-state index is 0.109. The molecule has 4 nitrogen and oxygen atoms in total. The topological polar surface area (TPSA) is 56.5 Å². The molecule has 0 saturated carbocycles. The third-order valence-electron chi connectivity index (χ3n) is 3.47. The highest BCUT2D eigenvalue weighted by atomic mass is 16.5. The summed E-state index contributed by atoms with van der Waals surface area (Å²) in [6.07, 6.45) is 3.20. The molecule has 1 atom stereocenters. The standard InChI is InChI=1S/C14H18N2O2/c1-18-13-6-5-11(9-15)14(8-13)16-7-3-2-4-12(16)10-17/h5-6,8,12,17H,2-4,7,10H2,1H3. The predicted octanol–water partition coefficient (Wildman–Crippen LogP) is 1.92. The van der Waals surface area contributed by atoms with Crippen LogP contribution in [0, 0.1) is 11.3 Å². The maximum absolute atomic E-state index is 9.46. The van der Waals surface area contributed by atoms with Crippen molar-refractivity contribution in [1.82, 2.24) is 0 Å². The highest BCUT2D eigenvalue weighted by Crippen LogP contribution is 2.30. The van der Waals surface area contributed by atoms with Gasteiger partial charge in [0.05, 0.1) is 31.0 Å². The Balaban J connectivity index is 2.38. The number of hydrogen-bond acceptors (Lipinski definition) is 4. The van der Waals surface area contributed by atoms with Crippen LogP contribution in [0.15, 0.2) is 18.2 Å². The van der Waals surface area contributed by atoms with Crippen LogP contribution in [-0.2, 0) is 0 Å². The molecule has 0 aliphatic carbocycles. The molecule has 1 aromatic rings. The van der Waals surface area contributed by atoms with Gasteiger partial charge in [0, 0.05) is 12.6 Å². The third kappa shape index (κ3) is 2.41. The minimum absolute atomic E-state index is 0.109. The molecule has 0 aromatic heterocycles. The molecule has 0 amide bonds. The quantitative estimate of drug-likeness (QED) is 0.885. The normalized spacial score (nSPS) is 19.4. The average molecular weight is 246 g/mol. The Kier molecular flexibility index (Phi) is 4.06. The Morgan fingerprint density at radius 3 is 3.00 bits per heavy atom. The van der Waals surface area contributed by atoms with E-state index in [-0.39, 0.29) is 12.6 Å². The number of aliphatic hydroxyl groups is 1. The number of methoxy groups -OCH3 is 1. The lowest BCUT2D eigenvalue weighted by Crippen LogP contribution is -2.42. The highest BCUT2D eigenvalue weighted by Gasteiger charge is 2.24. The highest BCUT2D eigenvalue weighted by molar-refractivity contribution is 5.63. The smallest absolute Gasteiger partial charge is 0.121 e. The number of hydrogen-bond donors (Lipinski definition) is 1. The summed E-state index contributed by atoms with van der Waals surface area (Å²) < 4.78 is 5.22. The first-order chi connectivity index (χ1) is 8.80. The van der Waals surface area contributed by atoms with Gasteiger partial charge in [0.1, 0.15) is 11.8 Å². The lowest BCUT2D eigenvalue weighted by molar-refractivity contribution is 0.240. The zero-order chi connectivity index (χ0) is 13.0. The van der Waals surface area contributed by atoms with Crippen molar-refractivity contribution in [2.45, 2.75) is 25.3 Å². The summed E-state index contributed by atoms with van der Waals surface area (Å²) in [5.74, 6) is 0.742. The number of anilines is 1. The van der Waals surface area contributed by atoms with E-state index >= 15 is 0 Å². The van der Waals surface area contributed by atoms with Gasteiger partial charge in [0.25, 0.3) is 0 Å². The average Bonchev–Trinajstić information content (AvgIpc) is 2.46. The maximum Gasteiger partial charge on any atom is 0.121 e. The molecule has 1 aliphatic rings. The molecule has 4 heteroatoms. The fraction of sp³-hybridized carbons (Fsp3) is 0.500. The van der Waals surface area contributed by atoms with Crippen LogP contribution in [0.3, 0.4) is 0 Å². The fourth-order valence-electron chi connectivity index (χ4n) is 2.48. The molecule has 1 aliphatic heterocycles. The van der Waals surface area contributed by atoms with E-state index in [9.17, 15) is 10.4 Å². The lowest BCUT2D eigenvalue weighted by Gasteiger charge is -2.37. The number of nitriles is 1. The van der Waals surface area contributed by atoms with Gasteiger partial charge in [-0.15, -0.1) is 0 Å². The van der Waals surface area contributed by atoms with Crippen LogP contribution in [0.5, 0.6) is 5.75 Å². The molecule has 1 unspecified atom stereocenters. The first-order valence-electron chi connectivity index (χ1n) is 6.25. The van der Waals surface area contributed by atoms with E-state index < -0.39 is 0 Å². The van der Waals surface area contributed by atoms with Gasteiger partial charge in [0.15, 0.2) is 0 Å². The molecule has 1 heterocycles. The summed E-state index contributed by atoms with van der Waals surface area (Å²) in [6.45, 7) is 1.01. The van der Waals surface area contributed by atoms with Gasteiger partial charge >= 0.3 is 0 Å². The van der Waals surface area contributed by atoms with E-state index in [1.807, 2.05) is 6.07 Å². The van der Waals surface area contributed by atoms with Crippen LogP contribution < -0.4 is 9.64 Å². The fourth-order valence-corrected chi connectivity index (χ4v) is 2.48. The second kappa shape index (κ2) is 5.74. The van der Waals surface area contributed by atoms with Crippen LogP contribution in [-0.4, -0.2) is 31.4 Å². The van der Waals surface area contributed by atoms with Gasteiger partial charge in [0.2, 0.25) is 0 Å². The number of rotatable bonds is 3. The summed E-state index contributed by atoms with van der Waals surface area (Å²) in [5.41, 5.74) is 1.51. The Morgan fingerprint density at radius 2 is 2.33 bits per heavy atom. The monoisotopic (exact) mass is 246 g/mol. The van der Waals surface area contributed by atoms with Gasteiger partial charge < -0.3 is 14.7 Å². The van der Waals surface area contributed by atoms with Crippen molar-refractivity contribution < 1.29 is 9.84 Å². The molecular weight excluding hydrogens is 228 g/mol. The van der Waals surface area contributed by atoms with Gasteiger partial charge in [-0.2, -0.15) is 5.26 Å². The summed E-state index contributed by atoms with van der Waals surface area (Å²) in [6, 6.07) is 7.77. The van der Waals surface area contributed by atoms with Gasteiger partial charge in [-0.1, -0.05) is 0 Å². The van der Waals surface area contributed by atoms with Gasteiger partial charge in [-0.05, 0) is 31.4 Å². The third-order valence-corrected chi connectivity index (χ3v) is 3.47. The summed E-state index contributed by atoms with van der Waals surface area (Å²) in [4.78, 5) is 2.13. The van der Waals surface area contributed by atoms with Gasteiger partial charge in [-0.25, -0.2) is 0 Å². The number of benzene rings is 1. The molecule has 1 aromatic carbocycles. The molecule has 0 radical (unpaired) electrons. The Hall–Kier alpha value is -1.73. The zero-order valence-corrected chi connectivity index (χ0v) is 10.6. The van der Waals surface area contributed by atoms with Gasteiger partial charge in [-0.3, -0.25) is 0 Å². The Bertz CT molecular complexity index is 454. The molecule has 1 saturated heterocycles. The van der Waals surface area contributed by atoms with Crippen LogP contribution in [0.2, 0.25) is 0 Å². The summed E-state index contributed by atoms with van der Waals surface area (Å²) in [5, 5.41) is 18.6. The van der Waals surface area contributed by atoms with Crippen LogP contribution in [0.1, 0.15) is 24.8 Å². The van der Waals surface area contributed by atoms with Crippen molar-refractivity contribution in [3.63, 3.8) is 0 Å². The van der Waals surface area contributed by atoms with Crippen LogP contribution in [0.25, 0.3) is 0 Å². The van der Waals surface area contributed by atoms with Crippen molar-refractivity contribution in [1.29, 1.82) is 5.26 Å². The molecule has 1 fully saturated rings. The maximum atomic E-state index is 9.46. The largest absolute Gasteiger partial charge is 0.497 e. The molecule has 0 spiro atoms. The number of nitrogens with zero attached hydrogens (tertiary/aromatic N) is 2. The second-order valence-corrected chi connectivity index (χ2v) is 4.52. The Morgan fingerprint density at radius 1 is 1.50 bits per heavy atom. The van der Waals surface area contributed by atoms with E-state index in [1.165, 1.54) is 0 Å². The number of ether oxygens (including phenoxy) is 1. The summed E-state index contributed by atoms with van der Waals surface area (Å²) >= 11 is 0. The van der Waals surface area contributed by atoms with E-state index in [0.717, 1.165) is 37.2 Å². The lowest BCUT2D eigenvalue weighted by atomic mass is 10.0. The predicted molar refractivity (Wildman–Crippen MR) is 69.8 cm³/mol. The van der Waals surface area contributed by atoms with Crippen molar-refractivity contribution in [2.75, 3.05) is 25.2 Å². The zero-order valence-electron chi connectivity index (χ0n) is 10.6. The number of piperidine rings is 1. The van der Waals surface area contributed by atoms with Crippen molar-refractivity contribution in [3.05, 3.63) is 23.8 Å². The van der Waals surface area contributed by atoms with Crippen molar-refractivity contribution in [3.8, 4) is 11.8 Å². The van der Waals surface area contributed by atoms with Crippen LogP contribution >= 0.6 is 0 Å². The second-order valence-electron chi connectivity index (χ2n) is 4.52. The molecule has 2 rings (SSSR count). The first-order valence-corrected chi connectivity index (χ1v) is 6.25. The first kappa shape index (κ1) is 12.7. The van der Waals surface area contributed by atoms with E-state index in [4.69, 9.17) is 4.74 Å². The summed E-state index contributed by atoms with van der Waals surface area (Å²) in [7, 11) is 1.62. The van der Waals surface area contributed by atoms with E-state index in [2.05, 4.69) is 11.0 Å². The number of aliphatic hydroxyl groups excluding tert-OH is 1. The molecule has 18 heavy (non-hydrogen) atoms.